The van der Waals surface area contributed by atoms with Crippen molar-refractivity contribution in [2.24, 2.45) is 5.73 Å². The highest BCUT2D eigenvalue weighted by Crippen LogP contribution is 2.38. The van der Waals surface area contributed by atoms with Crippen LogP contribution in [0.2, 0.25) is 0 Å². The van der Waals surface area contributed by atoms with E-state index < -0.39 is 5.54 Å². The molecule has 0 radical (unpaired) electrons. The molecule has 1 aliphatic rings. The van der Waals surface area contributed by atoms with E-state index in [0.717, 1.165) is 24.1 Å². The Hall–Kier alpha value is -1.53. The van der Waals surface area contributed by atoms with E-state index in [2.05, 4.69) is 10.1 Å². The Bertz CT molecular complexity index is 598. The lowest BCUT2D eigenvalue weighted by Gasteiger charge is -2.34. The third-order valence-corrected chi connectivity index (χ3v) is 4.45. The normalized spacial score (nSPS) is 17.4. The zero-order chi connectivity index (χ0) is 12.8. The predicted molar refractivity (Wildman–Crippen MR) is 67.3 cm³/mol. The molecule has 2 aromatic heterocycles. The average Bonchev–Trinajstić information content (AvgIpc) is 2.94. The molecule has 3 rings (SSSR count). The number of ketones is 1. The van der Waals surface area contributed by atoms with Crippen molar-refractivity contribution in [1.29, 1.82) is 0 Å². The van der Waals surface area contributed by atoms with Crippen molar-refractivity contribution in [2.75, 3.05) is 0 Å². The van der Waals surface area contributed by atoms with E-state index in [9.17, 15) is 4.79 Å². The van der Waals surface area contributed by atoms with Crippen LogP contribution >= 0.6 is 11.3 Å². The van der Waals surface area contributed by atoms with Crippen LogP contribution in [0.15, 0.2) is 16.7 Å². The summed E-state index contributed by atoms with van der Waals surface area (Å²) in [6.07, 6.45) is 2.90. The minimum atomic E-state index is -0.414. The summed E-state index contributed by atoms with van der Waals surface area (Å²) >= 11 is 1.36. The van der Waals surface area contributed by atoms with Crippen LogP contribution in [-0.4, -0.2) is 15.9 Å². The molecule has 2 heterocycles. The summed E-state index contributed by atoms with van der Waals surface area (Å²) < 4.78 is 5.22. The Kier molecular flexibility index (Phi) is 2.57. The van der Waals surface area contributed by atoms with Crippen LogP contribution in [0.4, 0.5) is 0 Å². The van der Waals surface area contributed by atoms with Crippen LogP contribution < -0.4 is 5.73 Å². The van der Waals surface area contributed by atoms with Gasteiger partial charge in [-0.15, -0.1) is 11.3 Å². The molecule has 0 amide bonds. The van der Waals surface area contributed by atoms with Crippen molar-refractivity contribution < 1.29 is 9.32 Å². The first kappa shape index (κ1) is 11.6. The summed E-state index contributed by atoms with van der Waals surface area (Å²) in [7, 11) is 0. The number of nitrogens with zero attached hydrogens (tertiary/aromatic N) is 2. The molecule has 5 nitrogen and oxygen atoms in total. The fourth-order valence-corrected chi connectivity index (χ4v) is 2.77. The molecule has 0 aliphatic heterocycles. The molecule has 1 saturated carbocycles. The number of hydrogen-bond donors (Lipinski definition) is 1. The molecule has 2 N–H and O–H groups in total. The lowest BCUT2D eigenvalue weighted by molar-refractivity contribution is 0.102. The van der Waals surface area contributed by atoms with Crippen LogP contribution in [0, 0.1) is 0 Å². The molecular formula is C12H13N3O2S. The van der Waals surface area contributed by atoms with Crippen molar-refractivity contribution in [1.82, 2.24) is 10.1 Å². The van der Waals surface area contributed by atoms with Crippen molar-refractivity contribution in [3.63, 3.8) is 0 Å². The predicted octanol–water partition coefficient (Wildman–Crippen LogP) is 2.34. The highest BCUT2D eigenvalue weighted by molar-refractivity contribution is 7.17. The van der Waals surface area contributed by atoms with E-state index in [1.807, 2.05) is 6.07 Å². The summed E-state index contributed by atoms with van der Waals surface area (Å²) in [6.45, 7) is 1.54. The molecular weight excluding hydrogens is 250 g/mol. The number of rotatable bonds is 3. The maximum absolute atomic E-state index is 11.2. The summed E-state index contributed by atoms with van der Waals surface area (Å²) in [5.41, 5.74) is 5.72. The number of nitrogens with two attached hydrogens (primary N) is 1. The van der Waals surface area contributed by atoms with E-state index in [0.29, 0.717) is 16.6 Å². The Morgan fingerprint density at radius 1 is 1.50 bits per heavy atom. The Morgan fingerprint density at radius 2 is 2.28 bits per heavy atom. The summed E-state index contributed by atoms with van der Waals surface area (Å²) in [5, 5.41) is 3.95. The van der Waals surface area contributed by atoms with Gasteiger partial charge in [0.1, 0.15) is 0 Å². The Balaban J connectivity index is 1.90. The van der Waals surface area contributed by atoms with Gasteiger partial charge < -0.3 is 10.3 Å². The number of carbonyl (C=O) groups is 1. The minimum Gasteiger partial charge on any atom is -0.333 e. The molecule has 0 bridgehead atoms. The lowest BCUT2D eigenvalue weighted by Crippen LogP contribution is -2.44. The molecule has 6 heteroatoms. The fraction of sp³-hybridized carbons (Fsp3) is 0.417. The smallest absolute Gasteiger partial charge is 0.268 e. The van der Waals surface area contributed by atoms with E-state index >= 15 is 0 Å². The van der Waals surface area contributed by atoms with Crippen molar-refractivity contribution >= 4 is 17.1 Å². The molecule has 0 atom stereocenters. The van der Waals surface area contributed by atoms with Crippen LogP contribution in [0.25, 0.3) is 10.8 Å². The Labute approximate surface area is 108 Å². The van der Waals surface area contributed by atoms with Gasteiger partial charge in [-0.3, -0.25) is 4.79 Å². The number of hydrogen-bond acceptors (Lipinski definition) is 6. The lowest BCUT2D eigenvalue weighted by atomic mass is 9.77. The summed E-state index contributed by atoms with van der Waals surface area (Å²) in [6, 6.07) is 3.59. The van der Waals surface area contributed by atoms with E-state index in [1.54, 1.807) is 6.07 Å². The molecule has 1 aliphatic carbocycles. The number of aromatic nitrogens is 2. The van der Waals surface area contributed by atoms with Gasteiger partial charge in [0.25, 0.3) is 5.89 Å². The van der Waals surface area contributed by atoms with Gasteiger partial charge >= 0.3 is 0 Å². The van der Waals surface area contributed by atoms with E-state index in [4.69, 9.17) is 10.3 Å². The van der Waals surface area contributed by atoms with Crippen LogP contribution in [0.1, 0.15) is 41.7 Å². The monoisotopic (exact) mass is 263 g/mol. The largest absolute Gasteiger partial charge is 0.333 e. The van der Waals surface area contributed by atoms with Crippen molar-refractivity contribution in [3.05, 3.63) is 22.8 Å². The standard InChI is InChI=1S/C12H13N3O2S/c1-7(16)8-3-4-9(18-8)10-14-11(15-17-10)12(13)5-2-6-12/h3-4H,2,5-6,13H2,1H3. The zero-order valence-corrected chi connectivity index (χ0v) is 10.8. The van der Waals surface area contributed by atoms with Gasteiger partial charge in [0.15, 0.2) is 11.6 Å². The second-order valence-electron chi connectivity index (χ2n) is 4.65. The maximum atomic E-state index is 11.2. The topological polar surface area (TPSA) is 82.0 Å². The molecule has 0 aromatic carbocycles. The zero-order valence-electron chi connectivity index (χ0n) is 9.97. The third-order valence-electron chi connectivity index (χ3n) is 3.28. The van der Waals surface area contributed by atoms with E-state index in [1.165, 1.54) is 18.3 Å². The minimum absolute atomic E-state index is 0.0419. The van der Waals surface area contributed by atoms with Crippen LogP contribution in [0.3, 0.4) is 0 Å². The SMILES string of the molecule is CC(=O)c1ccc(-c2nc(C3(N)CCC3)no2)s1. The average molecular weight is 263 g/mol. The quantitative estimate of drug-likeness (QED) is 0.859. The third kappa shape index (κ3) is 1.77. The van der Waals surface area contributed by atoms with Crippen LogP contribution in [-0.2, 0) is 5.54 Å². The second-order valence-corrected chi connectivity index (χ2v) is 5.74. The maximum Gasteiger partial charge on any atom is 0.268 e. The highest BCUT2D eigenvalue weighted by Gasteiger charge is 2.39. The van der Waals surface area contributed by atoms with Crippen molar-refractivity contribution in [2.45, 2.75) is 31.7 Å². The summed E-state index contributed by atoms with van der Waals surface area (Å²) in [4.78, 5) is 17.1. The molecule has 2 aromatic rings. The van der Waals surface area contributed by atoms with Crippen LogP contribution in [0.5, 0.6) is 0 Å². The van der Waals surface area contributed by atoms with Gasteiger partial charge in [0, 0.05) is 0 Å². The van der Waals surface area contributed by atoms with Gasteiger partial charge in [0.2, 0.25) is 0 Å². The molecule has 0 saturated heterocycles. The fourth-order valence-electron chi connectivity index (χ4n) is 1.95. The van der Waals surface area contributed by atoms with Gasteiger partial charge in [-0.05, 0) is 38.3 Å². The molecule has 0 unspecified atom stereocenters. The van der Waals surface area contributed by atoms with Gasteiger partial charge in [-0.25, -0.2) is 0 Å². The highest BCUT2D eigenvalue weighted by atomic mass is 32.1. The molecule has 0 spiro atoms. The molecule has 94 valence electrons. The van der Waals surface area contributed by atoms with Crippen molar-refractivity contribution in [3.8, 4) is 10.8 Å². The number of Topliss-reactive ketones (excluding diaryl/α,β-unsaturated/α-hetero) is 1. The van der Waals surface area contributed by atoms with E-state index in [-0.39, 0.29) is 5.78 Å². The number of thiophene rings is 1. The van der Waals surface area contributed by atoms with Gasteiger partial charge in [-0.1, -0.05) is 5.16 Å². The van der Waals surface area contributed by atoms with Gasteiger partial charge in [0.05, 0.1) is 15.3 Å². The first-order valence-electron chi connectivity index (χ1n) is 5.83. The Morgan fingerprint density at radius 3 is 2.83 bits per heavy atom. The first-order valence-corrected chi connectivity index (χ1v) is 6.64. The number of carbonyl (C=O) groups excluding carboxylic acids is 1. The summed E-state index contributed by atoms with van der Waals surface area (Å²) in [5.74, 6) is 1.06. The first-order chi connectivity index (χ1) is 8.58. The van der Waals surface area contributed by atoms with Gasteiger partial charge in [-0.2, -0.15) is 4.98 Å². The molecule has 1 fully saturated rings. The molecule has 18 heavy (non-hydrogen) atoms. The second kappa shape index (κ2) is 4.00.